The summed E-state index contributed by atoms with van der Waals surface area (Å²) in [7, 11) is 3.12. The van der Waals surface area contributed by atoms with Gasteiger partial charge in [0, 0.05) is 14.1 Å². The van der Waals surface area contributed by atoms with E-state index in [0.717, 1.165) is 12.8 Å². The van der Waals surface area contributed by atoms with Crippen LogP contribution in [0.4, 0.5) is 21.5 Å². The van der Waals surface area contributed by atoms with Crippen molar-refractivity contribution in [2.45, 2.75) is 18.9 Å². The van der Waals surface area contributed by atoms with E-state index in [-0.39, 0.29) is 46.2 Å². The molecule has 0 bridgehead atoms. The molecule has 0 aromatic heterocycles. The second-order valence-corrected chi connectivity index (χ2v) is 7.95. The maximum atomic E-state index is 13.7. The number of phenolic OH excluding ortho intramolecular Hbond substituents is 1. The first kappa shape index (κ1) is 20.6. The maximum absolute atomic E-state index is 13.7. The van der Waals surface area contributed by atoms with Gasteiger partial charge in [-0.1, -0.05) is 18.2 Å². The van der Waals surface area contributed by atoms with Gasteiger partial charge in [-0.05, 0) is 48.6 Å². The zero-order valence-electron chi connectivity index (χ0n) is 17.1. The highest BCUT2D eigenvalue weighted by Gasteiger charge is 2.35. The summed E-state index contributed by atoms with van der Waals surface area (Å²) in [5.41, 5.74) is -0.394. The number of carbonyl (C=O) groups excluding carboxylic acids is 1. The van der Waals surface area contributed by atoms with Gasteiger partial charge in [-0.2, -0.15) is 0 Å². The molecule has 0 aliphatic heterocycles. The van der Waals surface area contributed by atoms with E-state index in [0.29, 0.717) is 5.56 Å². The number of rotatable bonds is 7. The van der Waals surface area contributed by atoms with Crippen molar-refractivity contribution in [2.75, 3.05) is 24.7 Å². The summed E-state index contributed by atoms with van der Waals surface area (Å²) in [6.07, 6.45) is 1.86. The van der Waals surface area contributed by atoms with Gasteiger partial charge >= 0.3 is 0 Å². The number of para-hydroxylation sites is 1. The predicted octanol–water partition coefficient (Wildman–Crippen LogP) is 3.14. The number of amides is 1. The summed E-state index contributed by atoms with van der Waals surface area (Å²) >= 11 is 0. The highest BCUT2D eigenvalue weighted by atomic mass is 19.1. The largest absolute Gasteiger partial charge is 0.505 e. The van der Waals surface area contributed by atoms with E-state index in [1.54, 1.807) is 32.3 Å². The summed E-state index contributed by atoms with van der Waals surface area (Å²) in [6.45, 7) is 0. The van der Waals surface area contributed by atoms with Gasteiger partial charge < -0.3 is 20.6 Å². The lowest BCUT2D eigenvalue weighted by Crippen LogP contribution is -2.37. The molecule has 160 valence electrons. The molecule has 1 saturated carbocycles. The molecule has 7 nitrogen and oxygen atoms in total. The Kier molecular flexibility index (Phi) is 5.22. The summed E-state index contributed by atoms with van der Waals surface area (Å²) in [5.74, 6) is -0.859. The number of hydrogen-bond donors (Lipinski definition) is 3. The van der Waals surface area contributed by atoms with E-state index in [2.05, 4.69) is 10.6 Å². The molecule has 1 aliphatic carbocycles. The molecule has 1 fully saturated rings. The smallest absolute Gasteiger partial charge is 0.257 e. The first-order chi connectivity index (χ1) is 14.8. The monoisotopic (exact) mass is 423 g/mol. The zero-order chi connectivity index (χ0) is 22.3. The van der Waals surface area contributed by atoms with E-state index in [1.807, 2.05) is 0 Å². The van der Waals surface area contributed by atoms with Crippen molar-refractivity contribution >= 4 is 23.0 Å². The number of nitrogens with one attached hydrogen (secondary N) is 2. The molecule has 3 N–H and O–H groups in total. The summed E-state index contributed by atoms with van der Waals surface area (Å²) in [4.78, 5) is 38.1. The van der Waals surface area contributed by atoms with Crippen molar-refractivity contribution in [1.82, 2.24) is 4.90 Å². The minimum atomic E-state index is -0.722. The second kappa shape index (κ2) is 7.86. The molecule has 0 heterocycles. The maximum Gasteiger partial charge on any atom is 0.257 e. The van der Waals surface area contributed by atoms with Crippen molar-refractivity contribution in [3.8, 4) is 5.75 Å². The number of hydrogen-bond acceptors (Lipinski definition) is 6. The third-order valence-corrected chi connectivity index (χ3v) is 5.44. The van der Waals surface area contributed by atoms with Gasteiger partial charge in [0.05, 0.1) is 17.3 Å². The highest BCUT2D eigenvalue weighted by molar-refractivity contribution is 5.99. The molecule has 1 atom stereocenters. The third kappa shape index (κ3) is 3.88. The lowest BCUT2D eigenvalue weighted by molar-refractivity contribution is 0.0824. The van der Waals surface area contributed by atoms with Gasteiger partial charge in [-0.25, -0.2) is 4.39 Å². The molecule has 0 saturated heterocycles. The third-order valence-electron chi connectivity index (χ3n) is 5.44. The van der Waals surface area contributed by atoms with Gasteiger partial charge in [-0.3, -0.25) is 14.4 Å². The van der Waals surface area contributed by atoms with Gasteiger partial charge in [0.2, 0.25) is 0 Å². The van der Waals surface area contributed by atoms with Crippen LogP contribution in [0.15, 0.2) is 52.1 Å². The molecule has 3 aromatic carbocycles. The van der Waals surface area contributed by atoms with Gasteiger partial charge in [-0.15, -0.1) is 0 Å². The molecule has 31 heavy (non-hydrogen) atoms. The standard InChI is InChI=1S/C23H22FN3O4/c1-27(2)23(31)15-7-4-8-16(20(15)28)25-18-19(22(30)21(18)29)26-17(12-9-10-12)13-5-3-6-14(24)11-13/h3-8,11-12,17,25-26,28H,9-10H2,1-2H3/t17-/m1/s1. The van der Waals surface area contributed by atoms with Crippen LogP contribution in [-0.4, -0.2) is 30.0 Å². The fraction of sp³-hybridized carbons (Fsp3) is 0.261. The van der Waals surface area contributed by atoms with E-state index in [9.17, 15) is 23.9 Å². The SMILES string of the molecule is CN(C)C(=O)c1cccc(Nc2c(N[C@@H](c3cccc(F)c3)C3CC3)c(=O)c2=O)c1O. The van der Waals surface area contributed by atoms with Crippen LogP contribution in [0.1, 0.15) is 34.8 Å². The summed E-state index contributed by atoms with van der Waals surface area (Å²) < 4.78 is 13.7. The first-order valence-electron chi connectivity index (χ1n) is 9.94. The Balaban J connectivity index is 1.64. The van der Waals surface area contributed by atoms with E-state index < -0.39 is 16.8 Å². The van der Waals surface area contributed by atoms with Crippen LogP contribution in [-0.2, 0) is 0 Å². The molecule has 1 amide bonds. The summed E-state index contributed by atoms with van der Waals surface area (Å²) in [5, 5.41) is 16.4. The Morgan fingerprint density at radius 3 is 2.42 bits per heavy atom. The van der Waals surface area contributed by atoms with Crippen molar-refractivity contribution < 1.29 is 14.3 Å². The second-order valence-electron chi connectivity index (χ2n) is 7.95. The number of anilines is 3. The van der Waals surface area contributed by atoms with Crippen LogP contribution in [0.5, 0.6) is 5.75 Å². The average molecular weight is 423 g/mol. The van der Waals surface area contributed by atoms with Crippen LogP contribution < -0.4 is 21.5 Å². The highest BCUT2D eigenvalue weighted by Crippen LogP contribution is 2.43. The lowest BCUT2D eigenvalue weighted by atomic mass is 10.0. The Bertz CT molecular complexity index is 1230. The number of phenols is 1. The lowest BCUT2D eigenvalue weighted by Gasteiger charge is -2.23. The van der Waals surface area contributed by atoms with E-state index >= 15 is 0 Å². The fourth-order valence-electron chi connectivity index (χ4n) is 3.60. The van der Waals surface area contributed by atoms with Crippen molar-refractivity contribution in [1.29, 1.82) is 0 Å². The van der Waals surface area contributed by atoms with Crippen LogP contribution in [0, 0.1) is 11.7 Å². The van der Waals surface area contributed by atoms with Gasteiger partial charge in [0.25, 0.3) is 16.8 Å². The molecular formula is C23H22FN3O4. The first-order valence-corrected chi connectivity index (χ1v) is 9.94. The number of halogens is 1. The van der Waals surface area contributed by atoms with Gasteiger partial charge in [0.15, 0.2) is 5.75 Å². The Morgan fingerprint density at radius 1 is 1.10 bits per heavy atom. The zero-order valence-corrected chi connectivity index (χ0v) is 17.1. The average Bonchev–Trinajstić information content (AvgIpc) is 3.58. The normalized spacial score (nSPS) is 14.3. The minimum absolute atomic E-state index is 0.0109. The fourth-order valence-corrected chi connectivity index (χ4v) is 3.60. The Morgan fingerprint density at radius 2 is 1.77 bits per heavy atom. The topological polar surface area (TPSA) is 98.7 Å². The van der Waals surface area contributed by atoms with E-state index in [4.69, 9.17) is 0 Å². The molecule has 0 spiro atoms. The Hall–Kier alpha value is -3.68. The Labute approximate surface area is 177 Å². The van der Waals surface area contributed by atoms with Crippen LogP contribution in [0.3, 0.4) is 0 Å². The summed E-state index contributed by atoms with van der Waals surface area (Å²) in [6, 6.07) is 10.4. The van der Waals surface area contributed by atoms with Crippen LogP contribution in [0.2, 0.25) is 0 Å². The van der Waals surface area contributed by atoms with Gasteiger partial charge in [0.1, 0.15) is 17.2 Å². The minimum Gasteiger partial charge on any atom is -0.505 e. The molecule has 0 unspecified atom stereocenters. The number of aromatic hydroxyl groups is 1. The van der Waals surface area contributed by atoms with E-state index in [1.165, 1.54) is 29.2 Å². The predicted molar refractivity (Wildman–Crippen MR) is 116 cm³/mol. The number of carbonyl (C=O) groups is 1. The molecule has 8 heteroatoms. The molecule has 1 aliphatic rings. The van der Waals surface area contributed by atoms with Crippen LogP contribution >= 0.6 is 0 Å². The van der Waals surface area contributed by atoms with Crippen molar-refractivity contribution in [2.24, 2.45) is 5.92 Å². The quantitative estimate of drug-likeness (QED) is 0.399. The van der Waals surface area contributed by atoms with Crippen molar-refractivity contribution in [3.05, 3.63) is 79.9 Å². The molecule has 0 radical (unpaired) electrons. The van der Waals surface area contributed by atoms with Crippen LogP contribution in [0.25, 0.3) is 0 Å². The number of nitrogens with zero attached hydrogens (tertiary/aromatic N) is 1. The molecule has 3 aromatic rings. The van der Waals surface area contributed by atoms with Crippen molar-refractivity contribution in [3.63, 3.8) is 0 Å². The number of benzene rings is 2. The molecular weight excluding hydrogens is 401 g/mol. The molecule has 4 rings (SSSR count).